The molecule has 2 N–H and O–H groups in total. The van der Waals surface area contributed by atoms with E-state index in [0.29, 0.717) is 15.2 Å². The summed E-state index contributed by atoms with van der Waals surface area (Å²) in [5.74, 6) is -0.826. The quantitative estimate of drug-likeness (QED) is 0.495. The molecule has 33 heavy (non-hydrogen) atoms. The number of carbonyl (C=O) groups excluding carboxylic acids is 2. The number of hydrogen-bond acceptors (Lipinski definition) is 6. The number of aromatic nitrogens is 3. The van der Waals surface area contributed by atoms with Crippen LogP contribution >= 0.6 is 27.5 Å². The number of carbonyl (C=O) groups is 2. The monoisotopic (exact) mass is 525 g/mol. The number of nitrogens with zero attached hydrogens (tertiary/aromatic N) is 5. The molecule has 166 valence electrons. The minimum Gasteiger partial charge on any atom is -0.348 e. The van der Waals surface area contributed by atoms with Gasteiger partial charge in [-0.2, -0.15) is 15.6 Å². The molecule has 0 bridgehead atoms. The average Bonchev–Trinajstić information content (AvgIpc) is 3.16. The molecular formula is C22H17BrClN7O2. The smallest absolute Gasteiger partial charge is 0.274 e. The Bertz CT molecular complexity index is 1320. The second-order valence-corrected chi connectivity index (χ2v) is 8.31. The van der Waals surface area contributed by atoms with Crippen molar-refractivity contribution in [2.24, 2.45) is 0 Å². The maximum Gasteiger partial charge on any atom is 0.274 e. The number of hydrogen-bond donors (Lipinski definition) is 2. The highest BCUT2D eigenvalue weighted by Gasteiger charge is 2.23. The van der Waals surface area contributed by atoms with E-state index < -0.39 is 17.9 Å². The molecule has 0 aliphatic rings. The van der Waals surface area contributed by atoms with Crippen LogP contribution in [0.25, 0.3) is 5.82 Å². The van der Waals surface area contributed by atoms with E-state index in [1.807, 2.05) is 12.1 Å². The van der Waals surface area contributed by atoms with E-state index in [2.05, 4.69) is 36.6 Å². The molecule has 3 rings (SSSR count). The number of rotatable bonds is 6. The van der Waals surface area contributed by atoms with Crippen LogP contribution in [0, 0.1) is 29.6 Å². The average molecular weight is 527 g/mol. The summed E-state index contributed by atoms with van der Waals surface area (Å²) in [5.41, 5.74) is 1.23. The van der Waals surface area contributed by atoms with Crippen LogP contribution in [0.4, 0.5) is 5.69 Å². The number of amides is 2. The fraction of sp³-hybridized carbons (Fsp3) is 0.182. The van der Waals surface area contributed by atoms with Gasteiger partial charge in [-0.1, -0.05) is 11.6 Å². The van der Waals surface area contributed by atoms with Crippen molar-refractivity contribution in [2.45, 2.75) is 26.3 Å². The van der Waals surface area contributed by atoms with E-state index >= 15 is 0 Å². The van der Waals surface area contributed by atoms with Gasteiger partial charge < -0.3 is 10.6 Å². The third-order valence-electron chi connectivity index (χ3n) is 4.57. The molecule has 1 unspecified atom stereocenters. The van der Waals surface area contributed by atoms with Crippen molar-refractivity contribution in [1.82, 2.24) is 20.1 Å². The van der Waals surface area contributed by atoms with E-state index in [4.69, 9.17) is 16.9 Å². The van der Waals surface area contributed by atoms with Crippen LogP contribution in [0.2, 0.25) is 5.02 Å². The number of anilines is 1. The number of nitriles is 2. The Morgan fingerprint density at radius 1 is 1.27 bits per heavy atom. The van der Waals surface area contributed by atoms with Crippen LogP contribution in [0.1, 0.15) is 45.3 Å². The first-order valence-electron chi connectivity index (χ1n) is 9.65. The summed E-state index contributed by atoms with van der Waals surface area (Å²) in [7, 11) is 0. The Morgan fingerprint density at radius 2 is 2.03 bits per heavy atom. The molecule has 3 aromatic rings. The summed E-state index contributed by atoms with van der Waals surface area (Å²) >= 11 is 9.49. The topological polar surface area (TPSA) is 136 Å². The highest BCUT2D eigenvalue weighted by molar-refractivity contribution is 9.10. The van der Waals surface area contributed by atoms with Gasteiger partial charge in [0.25, 0.3) is 11.8 Å². The highest BCUT2D eigenvalue weighted by Crippen LogP contribution is 2.26. The molecule has 2 heterocycles. The largest absolute Gasteiger partial charge is 0.348 e. The van der Waals surface area contributed by atoms with Gasteiger partial charge in [0.15, 0.2) is 5.82 Å². The van der Waals surface area contributed by atoms with Crippen LogP contribution in [0.3, 0.4) is 0 Å². The molecule has 0 fully saturated rings. The Hall–Kier alpha value is -3.73. The van der Waals surface area contributed by atoms with Gasteiger partial charge in [0.1, 0.15) is 10.3 Å². The SMILES string of the molecule is Cc1cc(C#N)cc(C(=O)NC(C)CC#N)c1NC(=O)c1cc(Br)nn1-c1ncccc1Cl. The molecule has 0 saturated heterocycles. The molecule has 9 nitrogen and oxygen atoms in total. The Morgan fingerprint density at radius 3 is 2.70 bits per heavy atom. The molecule has 0 aliphatic carbocycles. The molecule has 1 atom stereocenters. The van der Waals surface area contributed by atoms with E-state index in [-0.39, 0.29) is 34.7 Å². The van der Waals surface area contributed by atoms with Gasteiger partial charge in [0.2, 0.25) is 0 Å². The third-order valence-corrected chi connectivity index (χ3v) is 5.26. The van der Waals surface area contributed by atoms with Crippen LogP contribution in [-0.4, -0.2) is 32.6 Å². The first-order valence-corrected chi connectivity index (χ1v) is 10.8. The van der Waals surface area contributed by atoms with Gasteiger partial charge in [-0.25, -0.2) is 9.67 Å². The van der Waals surface area contributed by atoms with Gasteiger partial charge in [-0.15, -0.1) is 0 Å². The molecule has 2 aromatic heterocycles. The van der Waals surface area contributed by atoms with E-state index in [9.17, 15) is 14.9 Å². The maximum atomic E-state index is 13.2. The predicted octanol–water partition coefficient (Wildman–Crippen LogP) is 4.15. The Kier molecular flexibility index (Phi) is 7.44. The highest BCUT2D eigenvalue weighted by atomic mass is 79.9. The lowest BCUT2D eigenvalue weighted by molar-refractivity contribution is 0.0941. The molecule has 0 aliphatic heterocycles. The number of benzene rings is 1. The van der Waals surface area contributed by atoms with Crippen LogP contribution < -0.4 is 10.6 Å². The number of halogens is 2. The molecule has 0 saturated carbocycles. The summed E-state index contributed by atoms with van der Waals surface area (Å²) in [6.45, 7) is 3.36. The van der Waals surface area contributed by atoms with Gasteiger partial charge >= 0.3 is 0 Å². The molecule has 1 aromatic carbocycles. The lowest BCUT2D eigenvalue weighted by Crippen LogP contribution is -2.33. The van der Waals surface area contributed by atoms with Crippen molar-refractivity contribution >= 4 is 45.0 Å². The summed E-state index contributed by atoms with van der Waals surface area (Å²) in [6, 6.07) is 11.3. The zero-order chi connectivity index (χ0) is 24.1. The van der Waals surface area contributed by atoms with Crippen molar-refractivity contribution in [2.75, 3.05) is 5.32 Å². The molecule has 11 heteroatoms. The van der Waals surface area contributed by atoms with Gasteiger partial charge in [-0.3, -0.25) is 9.59 Å². The second-order valence-electron chi connectivity index (χ2n) is 7.09. The van der Waals surface area contributed by atoms with Crippen molar-refractivity contribution in [3.05, 3.63) is 68.5 Å². The Balaban J connectivity index is 2.02. The summed E-state index contributed by atoms with van der Waals surface area (Å²) in [5, 5.41) is 28.2. The van der Waals surface area contributed by atoms with Crippen molar-refractivity contribution in [1.29, 1.82) is 10.5 Å². The first kappa shape index (κ1) is 23.9. The fourth-order valence-corrected chi connectivity index (χ4v) is 3.65. The van der Waals surface area contributed by atoms with Crippen LogP contribution in [-0.2, 0) is 0 Å². The van der Waals surface area contributed by atoms with Crippen LogP contribution in [0.5, 0.6) is 0 Å². The molecule has 0 radical (unpaired) electrons. The van der Waals surface area contributed by atoms with E-state index in [0.717, 1.165) is 0 Å². The summed E-state index contributed by atoms with van der Waals surface area (Å²) in [6.07, 6.45) is 1.64. The molecular weight excluding hydrogens is 510 g/mol. The fourth-order valence-electron chi connectivity index (χ4n) is 3.07. The summed E-state index contributed by atoms with van der Waals surface area (Å²) < 4.78 is 1.67. The van der Waals surface area contributed by atoms with Gasteiger partial charge in [0.05, 0.1) is 40.4 Å². The number of nitrogens with one attached hydrogen (secondary N) is 2. The molecule has 0 spiro atoms. The van der Waals surface area contributed by atoms with Crippen molar-refractivity contribution < 1.29 is 9.59 Å². The second kappa shape index (κ2) is 10.3. The zero-order valence-corrected chi connectivity index (χ0v) is 19.9. The van der Waals surface area contributed by atoms with E-state index in [1.165, 1.54) is 23.0 Å². The lowest BCUT2D eigenvalue weighted by atomic mass is 10.0. The maximum absolute atomic E-state index is 13.2. The van der Waals surface area contributed by atoms with Gasteiger partial charge in [0, 0.05) is 18.3 Å². The number of pyridine rings is 1. The zero-order valence-electron chi connectivity index (χ0n) is 17.6. The molecule has 2 amide bonds. The minimum absolute atomic E-state index is 0.102. The van der Waals surface area contributed by atoms with Gasteiger partial charge in [-0.05, 0) is 59.6 Å². The standard InChI is InChI=1S/C22H17BrClN7O2/c1-12-8-14(11-26)9-15(21(32)28-13(2)5-6-25)19(12)29-22(33)17-10-18(23)30-31(17)20-16(24)4-3-7-27-20/h3-4,7-10,13H,5H2,1-2H3,(H,28,32)(H,29,33). The predicted molar refractivity (Wildman–Crippen MR) is 125 cm³/mol. The van der Waals surface area contributed by atoms with Crippen molar-refractivity contribution in [3.63, 3.8) is 0 Å². The first-order chi connectivity index (χ1) is 15.7. The Labute approximate surface area is 203 Å². The minimum atomic E-state index is -0.568. The number of aryl methyl sites for hydroxylation is 1. The van der Waals surface area contributed by atoms with Crippen LogP contribution in [0.15, 0.2) is 41.1 Å². The lowest BCUT2D eigenvalue weighted by Gasteiger charge is -2.17. The third kappa shape index (κ3) is 5.37. The summed E-state index contributed by atoms with van der Waals surface area (Å²) in [4.78, 5) is 30.3. The van der Waals surface area contributed by atoms with E-state index in [1.54, 1.807) is 32.0 Å². The normalized spacial score (nSPS) is 11.2. The van der Waals surface area contributed by atoms with Crippen molar-refractivity contribution in [3.8, 4) is 18.0 Å².